The van der Waals surface area contributed by atoms with Gasteiger partial charge in [-0.2, -0.15) is 0 Å². The second kappa shape index (κ2) is 16.1. The molecule has 0 bridgehead atoms. The molecule has 1 fully saturated rings. The summed E-state index contributed by atoms with van der Waals surface area (Å²) >= 11 is 1.35. The van der Waals surface area contributed by atoms with Gasteiger partial charge in [0.1, 0.15) is 11.8 Å². The van der Waals surface area contributed by atoms with Gasteiger partial charge in [-0.3, -0.25) is 24.0 Å². The second-order valence-corrected chi connectivity index (χ2v) is 12.2. The first-order chi connectivity index (χ1) is 22.5. The molecule has 0 saturated carbocycles. The molecule has 1 saturated heterocycles. The summed E-state index contributed by atoms with van der Waals surface area (Å²) in [5.41, 5.74) is 3.40. The van der Waals surface area contributed by atoms with Crippen LogP contribution in [0.4, 0.5) is 0 Å². The molecule has 11 heteroatoms. The van der Waals surface area contributed by atoms with Crippen LogP contribution in [0.3, 0.4) is 0 Å². The molecular formula is C36H39N3O7S. The molecular weight excluding hydrogens is 618 g/mol. The SMILES string of the molecule is C/C=C1\SCN(C(=O)C(OC(C)=O)C(Cc2ccccc2)NC(=O)c2cccc(OC(C)=O)c2C)C1C(=O)NCc1ccccc1C. The number of rotatable bonds is 11. The van der Waals surface area contributed by atoms with Crippen LogP contribution in [0.25, 0.3) is 0 Å². The van der Waals surface area contributed by atoms with Gasteiger partial charge in [-0.1, -0.05) is 66.7 Å². The molecule has 4 rings (SSSR count). The minimum atomic E-state index is -1.46. The van der Waals surface area contributed by atoms with Crippen molar-refractivity contribution in [3.8, 4) is 5.75 Å². The second-order valence-electron chi connectivity index (χ2n) is 11.1. The number of amides is 3. The number of benzene rings is 3. The third-order valence-corrected chi connectivity index (χ3v) is 8.98. The third kappa shape index (κ3) is 8.88. The van der Waals surface area contributed by atoms with Gasteiger partial charge in [-0.05, 0) is 56.0 Å². The number of hydrogen-bond acceptors (Lipinski definition) is 8. The molecule has 246 valence electrons. The fourth-order valence-electron chi connectivity index (χ4n) is 5.36. The number of carbonyl (C=O) groups is 5. The zero-order valence-electron chi connectivity index (χ0n) is 27.1. The lowest BCUT2D eigenvalue weighted by molar-refractivity contribution is -0.161. The largest absolute Gasteiger partial charge is 0.450 e. The van der Waals surface area contributed by atoms with E-state index in [1.807, 2.05) is 61.5 Å². The summed E-state index contributed by atoms with van der Waals surface area (Å²) < 4.78 is 10.9. The third-order valence-electron chi connectivity index (χ3n) is 7.78. The first-order valence-electron chi connectivity index (χ1n) is 15.2. The van der Waals surface area contributed by atoms with Crippen molar-refractivity contribution >= 4 is 41.4 Å². The maximum absolute atomic E-state index is 14.4. The number of carbonyl (C=O) groups excluding carboxylic acids is 5. The summed E-state index contributed by atoms with van der Waals surface area (Å²) in [6.07, 6.45) is 0.469. The molecule has 0 spiro atoms. The lowest BCUT2D eigenvalue weighted by Gasteiger charge is -2.32. The van der Waals surface area contributed by atoms with Gasteiger partial charge in [0, 0.05) is 36.4 Å². The number of allylic oxidation sites excluding steroid dienone is 1. The van der Waals surface area contributed by atoms with Crippen LogP contribution in [0.1, 0.15) is 53.4 Å². The summed E-state index contributed by atoms with van der Waals surface area (Å²) in [4.78, 5) is 68.0. The van der Waals surface area contributed by atoms with Crippen molar-refractivity contribution in [3.63, 3.8) is 0 Å². The number of esters is 2. The molecule has 3 amide bonds. The molecule has 10 nitrogen and oxygen atoms in total. The van der Waals surface area contributed by atoms with Crippen LogP contribution in [0.2, 0.25) is 0 Å². The zero-order valence-corrected chi connectivity index (χ0v) is 27.9. The van der Waals surface area contributed by atoms with Crippen molar-refractivity contribution < 1.29 is 33.4 Å². The Balaban J connectivity index is 1.66. The Morgan fingerprint density at radius 1 is 0.936 bits per heavy atom. The topological polar surface area (TPSA) is 131 Å². The van der Waals surface area contributed by atoms with Gasteiger partial charge in [0.25, 0.3) is 11.8 Å². The van der Waals surface area contributed by atoms with Crippen molar-refractivity contribution in [1.29, 1.82) is 0 Å². The number of nitrogens with one attached hydrogen (secondary N) is 2. The highest BCUT2D eigenvalue weighted by Gasteiger charge is 2.44. The van der Waals surface area contributed by atoms with E-state index < -0.39 is 41.9 Å². The van der Waals surface area contributed by atoms with Crippen molar-refractivity contribution in [3.05, 3.63) is 112 Å². The fourth-order valence-corrected chi connectivity index (χ4v) is 6.49. The maximum Gasteiger partial charge on any atom is 0.308 e. The molecule has 1 heterocycles. The Labute approximate surface area is 278 Å². The van der Waals surface area contributed by atoms with Crippen molar-refractivity contribution in [2.75, 3.05) is 5.88 Å². The van der Waals surface area contributed by atoms with Crippen LogP contribution >= 0.6 is 11.8 Å². The quantitative estimate of drug-likeness (QED) is 0.226. The zero-order chi connectivity index (χ0) is 34.1. The van der Waals surface area contributed by atoms with Crippen LogP contribution in [0.5, 0.6) is 5.75 Å². The lowest BCUT2D eigenvalue weighted by Crippen LogP contribution is -2.57. The number of aryl methyl sites for hydroxylation is 1. The van der Waals surface area contributed by atoms with Crippen molar-refractivity contribution in [1.82, 2.24) is 15.5 Å². The number of thioether (sulfide) groups is 1. The molecule has 3 unspecified atom stereocenters. The molecule has 1 aliphatic heterocycles. The smallest absolute Gasteiger partial charge is 0.308 e. The molecule has 47 heavy (non-hydrogen) atoms. The van der Waals surface area contributed by atoms with E-state index in [1.54, 1.807) is 38.1 Å². The van der Waals surface area contributed by atoms with Gasteiger partial charge >= 0.3 is 11.9 Å². The molecule has 2 N–H and O–H groups in total. The first kappa shape index (κ1) is 35.0. The lowest BCUT2D eigenvalue weighted by atomic mass is 9.98. The van der Waals surface area contributed by atoms with E-state index in [1.165, 1.54) is 30.5 Å². The highest BCUT2D eigenvalue weighted by molar-refractivity contribution is 8.03. The van der Waals surface area contributed by atoms with Crippen molar-refractivity contribution in [2.24, 2.45) is 0 Å². The molecule has 3 atom stereocenters. The standard InChI is InChI=1S/C36H39N3O7S/c1-6-31-32(35(43)37-20-27-16-11-10-13-22(27)2)39(21-47-31)36(44)33(46-25(5)41)29(19-26-14-8-7-9-15-26)38-34(42)28-17-12-18-30(23(28)3)45-24(4)40/h6-18,29,32-33H,19-21H2,1-5H3,(H,37,43)(H,38,42)/b31-6-. The van der Waals surface area contributed by atoms with E-state index in [0.717, 1.165) is 16.7 Å². The average molecular weight is 658 g/mol. The molecule has 0 aromatic heterocycles. The Morgan fingerprint density at radius 3 is 2.30 bits per heavy atom. The molecule has 1 aliphatic rings. The van der Waals surface area contributed by atoms with Crippen LogP contribution in [0, 0.1) is 13.8 Å². The predicted octanol–water partition coefficient (Wildman–Crippen LogP) is 4.62. The minimum absolute atomic E-state index is 0.139. The van der Waals surface area contributed by atoms with Gasteiger partial charge < -0.3 is 25.0 Å². The van der Waals surface area contributed by atoms with E-state index in [2.05, 4.69) is 10.6 Å². The fraction of sp³-hybridized carbons (Fsp3) is 0.306. The number of ether oxygens (including phenoxy) is 2. The van der Waals surface area contributed by atoms with Crippen molar-refractivity contribution in [2.45, 2.75) is 65.8 Å². The highest BCUT2D eigenvalue weighted by atomic mass is 32.2. The Bertz CT molecular complexity index is 1670. The summed E-state index contributed by atoms with van der Waals surface area (Å²) in [7, 11) is 0. The number of hydrogen-bond donors (Lipinski definition) is 2. The molecule has 0 radical (unpaired) electrons. The van der Waals surface area contributed by atoms with Crippen LogP contribution in [0.15, 0.2) is 83.8 Å². The Kier molecular flexibility index (Phi) is 12.0. The summed E-state index contributed by atoms with van der Waals surface area (Å²) in [5, 5.41) is 5.87. The predicted molar refractivity (Wildman–Crippen MR) is 179 cm³/mol. The summed E-state index contributed by atoms with van der Waals surface area (Å²) in [5.74, 6) is -2.43. The molecule has 0 aliphatic carbocycles. The average Bonchev–Trinajstić information content (AvgIpc) is 3.48. The minimum Gasteiger partial charge on any atom is -0.450 e. The Morgan fingerprint density at radius 2 is 1.64 bits per heavy atom. The maximum atomic E-state index is 14.4. The van der Waals surface area contributed by atoms with E-state index in [9.17, 15) is 24.0 Å². The van der Waals surface area contributed by atoms with Gasteiger partial charge in [-0.25, -0.2) is 0 Å². The van der Waals surface area contributed by atoms with Gasteiger partial charge in [-0.15, -0.1) is 11.8 Å². The van der Waals surface area contributed by atoms with E-state index in [-0.39, 0.29) is 36.1 Å². The summed E-state index contributed by atoms with van der Waals surface area (Å²) in [6, 6.07) is 19.6. The van der Waals surface area contributed by atoms with Gasteiger partial charge in [0.2, 0.25) is 12.0 Å². The van der Waals surface area contributed by atoms with Gasteiger partial charge in [0.15, 0.2) is 0 Å². The van der Waals surface area contributed by atoms with Gasteiger partial charge in [0.05, 0.1) is 11.9 Å². The Hall–Kier alpha value is -4.90. The number of nitrogens with zero attached hydrogens (tertiary/aromatic N) is 1. The van der Waals surface area contributed by atoms with Crippen LogP contribution in [-0.2, 0) is 36.9 Å². The molecule has 3 aromatic carbocycles. The normalized spacial score (nSPS) is 16.2. The van der Waals surface area contributed by atoms with E-state index in [0.29, 0.717) is 10.5 Å². The van der Waals surface area contributed by atoms with E-state index in [4.69, 9.17) is 9.47 Å². The van der Waals surface area contributed by atoms with Crippen LogP contribution in [-0.4, -0.2) is 58.6 Å². The molecule has 3 aromatic rings. The monoisotopic (exact) mass is 657 g/mol. The first-order valence-corrected chi connectivity index (χ1v) is 16.2. The highest BCUT2D eigenvalue weighted by Crippen LogP contribution is 2.34. The summed E-state index contributed by atoms with van der Waals surface area (Å²) in [6.45, 7) is 8.14. The van der Waals surface area contributed by atoms with Crippen LogP contribution < -0.4 is 15.4 Å². The van der Waals surface area contributed by atoms with E-state index >= 15 is 0 Å².